The maximum absolute atomic E-state index is 14.0. The third-order valence-electron chi connectivity index (χ3n) is 7.60. The van der Waals surface area contributed by atoms with Crippen molar-refractivity contribution in [3.63, 3.8) is 0 Å². The van der Waals surface area contributed by atoms with Crippen molar-refractivity contribution in [1.82, 2.24) is 14.7 Å². The molecule has 3 fully saturated rings. The summed E-state index contributed by atoms with van der Waals surface area (Å²) < 4.78 is 6.48. The van der Waals surface area contributed by atoms with Gasteiger partial charge in [-0.25, -0.2) is 0 Å². The summed E-state index contributed by atoms with van der Waals surface area (Å²) in [7, 11) is 1.71. The Morgan fingerprint density at radius 1 is 1.18 bits per heavy atom. The molecule has 3 aliphatic heterocycles. The van der Waals surface area contributed by atoms with E-state index in [0.29, 0.717) is 51.9 Å². The van der Waals surface area contributed by atoms with Crippen LogP contribution < -0.4 is 0 Å². The number of hydrogen-bond acceptors (Lipinski definition) is 5. The topological polar surface area (TPSA) is 90.4 Å². The van der Waals surface area contributed by atoms with Gasteiger partial charge < -0.3 is 24.5 Å². The Hall–Kier alpha value is -2.19. The highest BCUT2D eigenvalue weighted by Crippen LogP contribution is 2.58. The number of rotatable bonds is 14. The molecule has 2 bridgehead atoms. The molecule has 0 radical (unpaired) electrons. The average molecular weight is 476 g/mol. The average Bonchev–Trinajstić information content (AvgIpc) is 3.46. The number of nitrogens with zero attached hydrogens (tertiary/aromatic N) is 3. The van der Waals surface area contributed by atoms with Crippen molar-refractivity contribution >= 4 is 17.7 Å². The van der Waals surface area contributed by atoms with Crippen LogP contribution in [0.1, 0.15) is 51.9 Å². The number of fused-ring (bicyclic) bond motifs is 1. The number of likely N-dealkylation sites (N-methyl/N-ethyl adjacent to an activating group) is 1. The first-order valence-corrected chi connectivity index (χ1v) is 12.7. The van der Waals surface area contributed by atoms with Crippen molar-refractivity contribution < 1.29 is 24.2 Å². The van der Waals surface area contributed by atoms with Gasteiger partial charge in [-0.05, 0) is 32.1 Å². The monoisotopic (exact) mass is 475 g/mol. The molecule has 2 unspecified atom stereocenters. The molecular weight excluding hydrogens is 434 g/mol. The Balaban J connectivity index is 1.95. The molecule has 3 heterocycles. The lowest BCUT2D eigenvalue weighted by molar-refractivity contribution is -0.148. The SMILES string of the molecule is C=CCN(C)C(=O)[C@@H]1[C@@H]2CCC3(O2)C(C(=O)N(CC=C)CCCCC)N(CCCCO)C(=O)[C@H]13. The Bertz CT molecular complexity index is 786. The molecule has 8 heteroatoms. The van der Waals surface area contributed by atoms with Gasteiger partial charge in [0.15, 0.2) is 0 Å². The second-order valence-electron chi connectivity index (χ2n) is 9.81. The second kappa shape index (κ2) is 11.5. The van der Waals surface area contributed by atoms with Gasteiger partial charge in [0, 0.05) is 39.8 Å². The highest BCUT2D eigenvalue weighted by atomic mass is 16.5. The van der Waals surface area contributed by atoms with Crippen LogP contribution in [0.2, 0.25) is 0 Å². The van der Waals surface area contributed by atoms with Crippen LogP contribution in [0.3, 0.4) is 0 Å². The van der Waals surface area contributed by atoms with Gasteiger partial charge in [0.25, 0.3) is 0 Å². The minimum absolute atomic E-state index is 0.0286. The summed E-state index contributed by atoms with van der Waals surface area (Å²) in [5.41, 5.74) is -0.975. The third-order valence-corrected chi connectivity index (χ3v) is 7.60. The highest BCUT2D eigenvalue weighted by molar-refractivity contribution is 5.99. The molecule has 34 heavy (non-hydrogen) atoms. The van der Waals surface area contributed by atoms with Gasteiger partial charge in [-0.2, -0.15) is 0 Å². The number of ether oxygens (including phenoxy) is 1. The number of likely N-dealkylation sites (tertiary alicyclic amines) is 1. The molecule has 3 amide bonds. The summed E-state index contributed by atoms with van der Waals surface area (Å²) >= 11 is 0. The lowest BCUT2D eigenvalue weighted by Crippen LogP contribution is -2.56. The van der Waals surface area contributed by atoms with Gasteiger partial charge in [0.1, 0.15) is 11.6 Å². The molecule has 190 valence electrons. The first-order chi connectivity index (χ1) is 16.4. The Labute approximate surface area is 203 Å². The van der Waals surface area contributed by atoms with Crippen LogP contribution in [0.15, 0.2) is 25.3 Å². The predicted molar refractivity (Wildman–Crippen MR) is 130 cm³/mol. The number of aliphatic hydroxyl groups is 1. The van der Waals surface area contributed by atoms with Crippen LogP contribution in [0.4, 0.5) is 0 Å². The van der Waals surface area contributed by atoms with Gasteiger partial charge in [-0.1, -0.05) is 31.9 Å². The van der Waals surface area contributed by atoms with E-state index in [1.54, 1.807) is 33.9 Å². The number of carbonyl (C=O) groups is 3. The van der Waals surface area contributed by atoms with E-state index < -0.39 is 23.5 Å². The first-order valence-electron chi connectivity index (χ1n) is 12.7. The van der Waals surface area contributed by atoms with Gasteiger partial charge >= 0.3 is 0 Å². The zero-order valence-electron chi connectivity index (χ0n) is 20.8. The molecule has 3 rings (SSSR count). The van der Waals surface area contributed by atoms with E-state index in [0.717, 1.165) is 19.3 Å². The minimum atomic E-state index is -0.975. The van der Waals surface area contributed by atoms with Crippen molar-refractivity contribution in [2.24, 2.45) is 11.8 Å². The maximum Gasteiger partial charge on any atom is 0.248 e. The molecule has 3 saturated heterocycles. The van der Waals surface area contributed by atoms with E-state index in [-0.39, 0.29) is 30.4 Å². The molecule has 0 aromatic carbocycles. The van der Waals surface area contributed by atoms with E-state index in [1.165, 1.54) is 0 Å². The van der Waals surface area contributed by atoms with Crippen molar-refractivity contribution in [3.8, 4) is 0 Å². The number of aliphatic hydroxyl groups excluding tert-OH is 1. The van der Waals surface area contributed by atoms with Crippen LogP contribution in [0.5, 0.6) is 0 Å². The largest absolute Gasteiger partial charge is 0.396 e. The molecule has 1 spiro atoms. The fourth-order valence-electron chi connectivity index (χ4n) is 6.06. The number of unbranched alkanes of at least 4 members (excludes halogenated alkanes) is 3. The van der Waals surface area contributed by atoms with E-state index >= 15 is 0 Å². The lowest BCUT2D eigenvalue weighted by atomic mass is 9.70. The molecule has 0 saturated carbocycles. The van der Waals surface area contributed by atoms with E-state index in [2.05, 4.69) is 20.1 Å². The van der Waals surface area contributed by atoms with Crippen LogP contribution >= 0.6 is 0 Å². The van der Waals surface area contributed by atoms with Crippen molar-refractivity contribution in [1.29, 1.82) is 0 Å². The fraction of sp³-hybridized carbons (Fsp3) is 0.731. The summed E-state index contributed by atoms with van der Waals surface area (Å²) in [4.78, 5) is 46.2. The van der Waals surface area contributed by atoms with E-state index in [4.69, 9.17) is 4.74 Å². The molecule has 3 aliphatic rings. The van der Waals surface area contributed by atoms with Crippen LogP contribution in [-0.4, -0.2) is 95.1 Å². The molecule has 1 N–H and O–H groups in total. The quantitative estimate of drug-likeness (QED) is 0.307. The molecule has 0 aromatic heterocycles. The predicted octanol–water partition coefficient (Wildman–Crippen LogP) is 1.98. The summed E-state index contributed by atoms with van der Waals surface area (Å²) in [5.74, 6) is -1.66. The summed E-state index contributed by atoms with van der Waals surface area (Å²) in [6.07, 6.45) is 8.36. The van der Waals surface area contributed by atoms with Gasteiger partial charge in [-0.15, -0.1) is 13.2 Å². The van der Waals surface area contributed by atoms with Gasteiger partial charge in [0.2, 0.25) is 17.7 Å². The Morgan fingerprint density at radius 2 is 1.91 bits per heavy atom. The first kappa shape index (κ1) is 26.4. The van der Waals surface area contributed by atoms with E-state index in [9.17, 15) is 19.5 Å². The zero-order chi connectivity index (χ0) is 24.9. The lowest BCUT2D eigenvalue weighted by Gasteiger charge is -2.37. The molecule has 5 atom stereocenters. The van der Waals surface area contributed by atoms with Crippen LogP contribution in [-0.2, 0) is 19.1 Å². The summed E-state index contributed by atoms with van der Waals surface area (Å²) in [5, 5.41) is 9.28. The van der Waals surface area contributed by atoms with Gasteiger partial charge in [0.05, 0.1) is 17.9 Å². The normalized spacial score (nSPS) is 29.3. The number of hydrogen-bond donors (Lipinski definition) is 1. The van der Waals surface area contributed by atoms with E-state index in [1.807, 2.05) is 0 Å². The number of carbonyl (C=O) groups excluding carboxylic acids is 3. The van der Waals surface area contributed by atoms with Crippen molar-refractivity contribution in [3.05, 3.63) is 25.3 Å². The molecule has 8 nitrogen and oxygen atoms in total. The van der Waals surface area contributed by atoms with Crippen molar-refractivity contribution in [2.45, 2.75) is 69.6 Å². The Morgan fingerprint density at radius 3 is 2.56 bits per heavy atom. The maximum atomic E-state index is 14.0. The van der Waals surface area contributed by atoms with Gasteiger partial charge in [-0.3, -0.25) is 14.4 Å². The standard InChI is InChI=1S/C26H41N3O5/c1-5-8-9-16-28(15-7-3)25(33)22-26-13-12-19(34-26)20(23(31)27(4)14-6-2)21(26)24(32)29(22)17-10-11-18-30/h6-7,19-22,30H,2-3,5,8-18H2,1,4H3/t19-,20+,21-,22?,26?/m0/s1. The molecular formula is C26H41N3O5. The molecule has 0 aromatic rings. The smallest absolute Gasteiger partial charge is 0.248 e. The van der Waals surface area contributed by atoms with Crippen molar-refractivity contribution in [2.75, 3.05) is 39.8 Å². The summed E-state index contributed by atoms with van der Waals surface area (Å²) in [6, 6.07) is -0.752. The number of amides is 3. The zero-order valence-corrected chi connectivity index (χ0v) is 20.8. The van der Waals surface area contributed by atoms with Crippen LogP contribution in [0.25, 0.3) is 0 Å². The highest BCUT2D eigenvalue weighted by Gasteiger charge is 2.74. The Kier molecular flexibility index (Phi) is 8.93. The van der Waals surface area contributed by atoms with Crippen LogP contribution in [0, 0.1) is 11.8 Å². The second-order valence-corrected chi connectivity index (χ2v) is 9.81. The molecule has 0 aliphatic carbocycles. The summed E-state index contributed by atoms with van der Waals surface area (Å²) in [6.45, 7) is 11.5. The third kappa shape index (κ3) is 4.67. The fourth-order valence-corrected chi connectivity index (χ4v) is 6.06. The minimum Gasteiger partial charge on any atom is -0.396 e.